The molecule has 0 spiro atoms. The molecular formula is C6H6N4S4. The maximum Gasteiger partial charge on any atom is 0.160 e. The van der Waals surface area contributed by atoms with Crippen molar-refractivity contribution in [3.8, 4) is 0 Å². The van der Waals surface area contributed by atoms with Crippen molar-refractivity contribution in [2.45, 2.75) is 0 Å². The average molecular weight is 262 g/mol. The van der Waals surface area contributed by atoms with Gasteiger partial charge in [0.2, 0.25) is 0 Å². The second kappa shape index (κ2) is 6.71. The minimum absolute atomic E-state index is 0.0570. The van der Waals surface area contributed by atoms with Crippen molar-refractivity contribution in [3.05, 3.63) is 0 Å². The van der Waals surface area contributed by atoms with E-state index in [0.29, 0.717) is 0 Å². The molecule has 4 N–H and O–H groups in total. The van der Waals surface area contributed by atoms with Gasteiger partial charge in [-0.3, -0.25) is 0 Å². The first-order valence-corrected chi connectivity index (χ1v) is 4.82. The molecule has 0 saturated carbocycles. The minimum Gasteiger partial charge on any atom is -0.387 e. The molecule has 0 aliphatic carbocycles. The molecule has 0 unspecified atom stereocenters. The summed E-state index contributed by atoms with van der Waals surface area (Å²) in [6.45, 7) is 0. The Morgan fingerprint density at radius 1 is 0.786 bits per heavy atom. The summed E-state index contributed by atoms with van der Waals surface area (Å²) in [5, 5.41) is 0. The van der Waals surface area contributed by atoms with Crippen molar-refractivity contribution in [2.24, 2.45) is 21.5 Å². The summed E-state index contributed by atoms with van der Waals surface area (Å²) in [4.78, 5) is 7.78. The predicted octanol–water partition coefficient (Wildman–Crippen LogP) is 0.355. The van der Waals surface area contributed by atoms with E-state index < -0.39 is 0 Å². The number of nitrogens with two attached hydrogens (primary N) is 2. The van der Waals surface area contributed by atoms with Crippen LogP contribution in [0.5, 0.6) is 0 Å². The number of thiocarbonyl (C=S) groups is 4. The van der Waals surface area contributed by atoms with Crippen LogP contribution in [0.4, 0.5) is 0 Å². The molecule has 0 aromatic heterocycles. The van der Waals surface area contributed by atoms with Crippen LogP contribution in [0.2, 0.25) is 0 Å². The van der Waals surface area contributed by atoms with Crippen LogP contribution in [-0.4, -0.2) is 32.4 Å². The topological polar surface area (TPSA) is 76.8 Å². The molecular weight excluding hydrogens is 256 g/mol. The van der Waals surface area contributed by atoms with Gasteiger partial charge >= 0.3 is 0 Å². The number of hydrogen-bond acceptors (Lipinski definition) is 4. The van der Waals surface area contributed by atoms with Gasteiger partial charge in [-0.1, -0.05) is 48.9 Å². The lowest BCUT2D eigenvalue weighted by Crippen LogP contribution is -2.18. The van der Waals surface area contributed by atoms with Crippen molar-refractivity contribution < 1.29 is 0 Å². The van der Waals surface area contributed by atoms with E-state index in [4.69, 9.17) is 35.9 Å². The smallest absolute Gasteiger partial charge is 0.160 e. The van der Waals surface area contributed by atoms with Crippen LogP contribution in [-0.2, 0) is 0 Å². The molecule has 0 amide bonds. The Balaban J connectivity index is 4.19. The summed E-state index contributed by atoms with van der Waals surface area (Å²) in [7, 11) is 0. The molecule has 0 radical (unpaired) electrons. The van der Waals surface area contributed by atoms with E-state index in [1.807, 2.05) is 0 Å². The molecule has 0 aliphatic heterocycles. The van der Waals surface area contributed by atoms with Gasteiger partial charge in [0.1, 0.15) is 9.98 Å². The number of nitrogens with zero attached hydrogens (tertiary/aromatic N) is 2. The van der Waals surface area contributed by atoms with Crippen molar-refractivity contribution in [1.82, 2.24) is 0 Å². The molecule has 0 fully saturated rings. The van der Waals surface area contributed by atoms with Gasteiger partial charge in [-0.15, -0.1) is 0 Å². The molecule has 0 heterocycles. The number of aliphatic imine (C=N–C) groups is 2. The summed E-state index contributed by atoms with van der Waals surface area (Å²) in [6, 6.07) is 0. The first-order chi connectivity index (χ1) is 6.45. The Bertz CT molecular complexity index is 310. The number of rotatable bonds is 1. The summed E-state index contributed by atoms with van der Waals surface area (Å²) < 4.78 is 0. The molecule has 0 aromatic rings. The molecule has 4 nitrogen and oxygen atoms in total. The molecule has 74 valence electrons. The van der Waals surface area contributed by atoms with Crippen molar-refractivity contribution in [3.63, 3.8) is 0 Å². The fourth-order valence-electron chi connectivity index (χ4n) is 0.329. The Hall–Kier alpha value is -0.700. The molecule has 0 aromatic carbocycles. The van der Waals surface area contributed by atoms with Crippen LogP contribution >= 0.6 is 48.9 Å². The highest BCUT2D eigenvalue weighted by Gasteiger charge is 1.94. The molecule has 0 rings (SSSR count). The van der Waals surface area contributed by atoms with Gasteiger partial charge in [-0.05, 0) is 0 Å². The molecule has 0 bridgehead atoms. The first-order valence-electron chi connectivity index (χ1n) is 3.19. The van der Waals surface area contributed by atoms with Crippen LogP contribution in [0.1, 0.15) is 0 Å². The third-order valence-corrected chi connectivity index (χ3v) is 2.17. The highest BCUT2D eigenvalue weighted by molar-refractivity contribution is 7.89. The van der Waals surface area contributed by atoms with E-state index in [-0.39, 0.29) is 20.0 Å². The first kappa shape index (κ1) is 13.3. The van der Waals surface area contributed by atoms with Gasteiger partial charge in [0.15, 0.2) is 9.98 Å². The quantitative estimate of drug-likeness (QED) is 0.525. The largest absolute Gasteiger partial charge is 0.387 e. The van der Waals surface area contributed by atoms with Crippen LogP contribution in [0, 0.1) is 0 Å². The van der Waals surface area contributed by atoms with E-state index in [1.165, 1.54) is 12.4 Å². The molecule has 0 atom stereocenters. The lowest BCUT2D eigenvalue weighted by atomic mass is 10.6. The van der Waals surface area contributed by atoms with Gasteiger partial charge in [0.05, 0.1) is 0 Å². The lowest BCUT2D eigenvalue weighted by molar-refractivity contribution is 1.77. The van der Waals surface area contributed by atoms with E-state index in [9.17, 15) is 0 Å². The van der Waals surface area contributed by atoms with E-state index in [2.05, 4.69) is 34.4 Å². The zero-order chi connectivity index (χ0) is 11.1. The van der Waals surface area contributed by atoms with Crippen LogP contribution in [0.15, 0.2) is 9.98 Å². The normalized spacial score (nSPS) is 10.6. The lowest BCUT2D eigenvalue weighted by Gasteiger charge is -1.90. The molecule has 8 heteroatoms. The minimum atomic E-state index is 0.0570. The summed E-state index contributed by atoms with van der Waals surface area (Å²) in [6.07, 6.45) is 2.62. The monoisotopic (exact) mass is 262 g/mol. The average Bonchev–Trinajstić information content (AvgIpc) is 2.11. The van der Waals surface area contributed by atoms with Gasteiger partial charge in [0.25, 0.3) is 0 Å². The fraction of sp³-hybridized carbons (Fsp3) is 0. The van der Waals surface area contributed by atoms with Gasteiger partial charge in [-0.2, -0.15) is 0 Å². The maximum absolute atomic E-state index is 5.19. The second-order valence-electron chi connectivity index (χ2n) is 1.90. The molecule has 14 heavy (non-hydrogen) atoms. The second-order valence-corrected chi connectivity index (χ2v) is 3.55. The van der Waals surface area contributed by atoms with Crippen molar-refractivity contribution in [2.75, 3.05) is 0 Å². The maximum atomic E-state index is 5.19. The Morgan fingerprint density at radius 3 is 1.29 bits per heavy atom. The zero-order valence-corrected chi connectivity index (χ0v) is 10.1. The van der Waals surface area contributed by atoms with E-state index in [1.54, 1.807) is 0 Å². The Kier molecular flexibility index (Phi) is 6.37. The van der Waals surface area contributed by atoms with Gasteiger partial charge < -0.3 is 11.5 Å². The van der Waals surface area contributed by atoms with E-state index in [0.717, 1.165) is 0 Å². The van der Waals surface area contributed by atoms with Gasteiger partial charge in [0, 0.05) is 12.4 Å². The van der Waals surface area contributed by atoms with Crippen LogP contribution in [0.25, 0.3) is 0 Å². The van der Waals surface area contributed by atoms with Crippen molar-refractivity contribution >= 4 is 81.3 Å². The third kappa shape index (κ3) is 5.86. The highest BCUT2D eigenvalue weighted by Crippen LogP contribution is 1.81. The summed E-state index contributed by atoms with van der Waals surface area (Å²) in [5.41, 5.74) is 10.4. The Morgan fingerprint density at radius 2 is 1.07 bits per heavy atom. The standard InChI is InChI=1S/C6H6N4S4/c7-3(11)5(13)9-1-2-10-6(14)4(8)12/h1-2H,(H2,7,11)(H2,8,12). The SMILES string of the molecule is NC(=S)C(=S)N=CC=NC(=S)C(N)=S. The Labute approximate surface area is 102 Å². The van der Waals surface area contributed by atoms with Crippen LogP contribution in [0.3, 0.4) is 0 Å². The summed E-state index contributed by atoms with van der Waals surface area (Å²) in [5.74, 6) is 0. The fourth-order valence-corrected chi connectivity index (χ4v) is 0.556. The zero-order valence-electron chi connectivity index (χ0n) is 6.84. The van der Waals surface area contributed by atoms with Gasteiger partial charge in [-0.25, -0.2) is 9.98 Å². The highest BCUT2D eigenvalue weighted by atomic mass is 32.1. The van der Waals surface area contributed by atoms with E-state index >= 15 is 0 Å². The molecule has 0 aliphatic rings. The summed E-state index contributed by atoms with van der Waals surface area (Å²) >= 11 is 18.5. The predicted molar refractivity (Wildman–Crippen MR) is 75.8 cm³/mol. The van der Waals surface area contributed by atoms with Crippen LogP contribution < -0.4 is 11.5 Å². The number of hydrogen-bond donors (Lipinski definition) is 2. The third-order valence-electron chi connectivity index (χ3n) is 0.872. The van der Waals surface area contributed by atoms with Crippen molar-refractivity contribution in [1.29, 1.82) is 0 Å². The molecule has 0 saturated heterocycles.